The first-order valence-electron chi connectivity index (χ1n) is 7.68. The average Bonchev–Trinajstić information content (AvgIpc) is 3.25. The summed E-state index contributed by atoms with van der Waals surface area (Å²) in [5, 5.41) is 3.44. The van der Waals surface area contributed by atoms with Gasteiger partial charge in [0, 0.05) is 43.5 Å². The Morgan fingerprint density at radius 3 is 2.85 bits per heavy atom. The van der Waals surface area contributed by atoms with Gasteiger partial charge < -0.3 is 15.1 Å². The fourth-order valence-electron chi connectivity index (χ4n) is 2.84. The molecule has 0 atom stereocenters. The maximum Gasteiger partial charge on any atom is 0.129 e. The first kappa shape index (κ1) is 13.8. The number of hydrogen-bond donors (Lipinski definition) is 1. The highest BCUT2D eigenvalue weighted by Crippen LogP contribution is 2.26. The minimum absolute atomic E-state index is 0.0757. The summed E-state index contributed by atoms with van der Waals surface area (Å²) in [5.41, 5.74) is 1.91. The Morgan fingerprint density at radius 2 is 2.05 bits per heavy atom. The molecule has 1 aliphatic heterocycles. The van der Waals surface area contributed by atoms with Gasteiger partial charge in [0.25, 0.3) is 0 Å². The molecule has 1 saturated heterocycles. The van der Waals surface area contributed by atoms with E-state index in [9.17, 15) is 4.39 Å². The molecule has 0 radical (unpaired) electrons. The van der Waals surface area contributed by atoms with Crippen LogP contribution in [0.15, 0.2) is 18.2 Å². The quantitative estimate of drug-likeness (QED) is 0.910. The molecule has 20 heavy (non-hydrogen) atoms. The summed E-state index contributed by atoms with van der Waals surface area (Å²) in [4.78, 5) is 4.69. The van der Waals surface area contributed by atoms with Gasteiger partial charge in [0.1, 0.15) is 5.82 Å². The molecule has 2 aliphatic rings. The van der Waals surface area contributed by atoms with E-state index in [0.29, 0.717) is 12.6 Å². The topological polar surface area (TPSA) is 18.5 Å². The first-order chi connectivity index (χ1) is 9.74. The number of rotatable bonds is 4. The van der Waals surface area contributed by atoms with Crippen molar-refractivity contribution in [2.24, 2.45) is 0 Å². The van der Waals surface area contributed by atoms with E-state index in [4.69, 9.17) is 0 Å². The molecule has 0 bridgehead atoms. The van der Waals surface area contributed by atoms with Crippen molar-refractivity contribution in [3.05, 3.63) is 29.6 Å². The Hall–Kier alpha value is -1.13. The lowest BCUT2D eigenvalue weighted by atomic mass is 10.1. The predicted molar refractivity (Wildman–Crippen MR) is 80.6 cm³/mol. The van der Waals surface area contributed by atoms with E-state index in [-0.39, 0.29) is 5.82 Å². The first-order valence-corrected chi connectivity index (χ1v) is 7.68. The van der Waals surface area contributed by atoms with Crippen molar-refractivity contribution < 1.29 is 4.39 Å². The van der Waals surface area contributed by atoms with E-state index >= 15 is 0 Å². The lowest BCUT2D eigenvalue weighted by molar-refractivity contribution is 0.360. The minimum Gasteiger partial charge on any atom is -0.370 e. The molecular formula is C16H24FN3. The zero-order valence-corrected chi connectivity index (χ0v) is 12.2. The van der Waals surface area contributed by atoms with Gasteiger partial charge >= 0.3 is 0 Å². The van der Waals surface area contributed by atoms with Crippen molar-refractivity contribution >= 4 is 5.69 Å². The van der Waals surface area contributed by atoms with Crippen LogP contribution in [0.1, 0.15) is 24.8 Å². The highest BCUT2D eigenvalue weighted by Gasteiger charge is 2.23. The van der Waals surface area contributed by atoms with Gasteiger partial charge in [-0.15, -0.1) is 0 Å². The van der Waals surface area contributed by atoms with Gasteiger partial charge in [0.15, 0.2) is 0 Å². The van der Waals surface area contributed by atoms with Crippen LogP contribution >= 0.6 is 0 Å². The van der Waals surface area contributed by atoms with Gasteiger partial charge in [0.05, 0.1) is 0 Å². The van der Waals surface area contributed by atoms with Crippen molar-refractivity contribution in [2.75, 3.05) is 38.1 Å². The maximum atomic E-state index is 14.2. The Morgan fingerprint density at radius 1 is 1.20 bits per heavy atom. The third-order valence-electron chi connectivity index (χ3n) is 4.30. The number of likely N-dealkylation sites (N-methyl/N-ethyl adjacent to an activating group) is 1. The Bertz CT molecular complexity index is 459. The van der Waals surface area contributed by atoms with Crippen LogP contribution in [-0.4, -0.2) is 44.2 Å². The summed E-state index contributed by atoms with van der Waals surface area (Å²) in [6, 6.07) is 6.09. The molecular weight excluding hydrogens is 253 g/mol. The highest BCUT2D eigenvalue weighted by molar-refractivity contribution is 5.54. The van der Waals surface area contributed by atoms with E-state index in [1.54, 1.807) is 6.07 Å². The Balaban J connectivity index is 1.77. The van der Waals surface area contributed by atoms with E-state index < -0.39 is 0 Å². The molecule has 0 unspecified atom stereocenters. The van der Waals surface area contributed by atoms with Gasteiger partial charge in [-0.1, -0.05) is 6.07 Å². The van der Waals surface area contributed by atoms with E-state index in [0.717, 1.165) is 43.9 Å². The van der Waals surface area contributed by atoms with Gasteiger partial charge in [0.2, 0.25) is 0 Å². The number of halogens is 1. The van der Waals surface area contributed by atoms with Crippen molar-refractivity contribution in [3.8, 4) is 0 Å². The molecule has 1 heterocycles. The van der Waals surface area contributed by atoms with Crippen LogP contribution in [0.2, 0.25) is 0 Å². The number of nitrogens with one attached hydrogen (secondary N) is 1. The van der Waals surface area contributed by atoms with Crippen LogP contribution in [0.5, 0.6) is 0 Å². The molecule has 1 N–H and O–H groups in total. The molecule has 3 nitrogen and oxygen atoms in total. The number of nitrogens with zero attached hydrogens (tertiary/aromatic N) is 2. The molecule has 0 amide bonds. The highest BCUT2D eigenvalue weighted by atomic mass is 19.1. The second-order valence-corrected chi connectivity index (χ2v) is 6.04. The smallest absolute Gasteiger partial charge is 0.129 e. The van der Waals surface area contributed by atoms with Gasteiger partial charge in [-0.2, -0.15) is 0 Å². The molecule has 3 rings (SSSR count). The largest absolute Gasteiger partial charge is 0.370 e. The lowest BCUT2D eigenvalue weighted by Gasteiger charge is -2.26. The SMILES string of the molecule is CN1CCCN(c2cccc(F)c2CNC2CC2)CC1. The summed E-state index contributed by atoms with van der Waals surface area (Å²) < 4.78 is 14.2. The summed E-state index contributed by atoms with van der Waals surface area (Å²) in [6.45, 7) is 4.83. The Kier molecular flexibility index (Phi) is 4.22. The van der Waals surface area contributed by atoms with Crippen LogP contribution in [0.4, 0.5) is 10.1 Å². The number of benzene rings is 1. The van der Waals surface area contributed by atoms with Crippen molar-refractivity contribution in [3.63, 3.8) is 0 Å². The zero-order chi connectivity index (χ0) is 13.9. The maximum absolute atomic E-state index is 14.2. The van der Waals surface area contributed by atoms with E-state index in [1.165, 1.54) is 12.8 Å². The molecule has 2 fully saturated rings. The standard InChI is InChI=1S/C16H24FN3/c1-19-8-3-9-20(11-10-19)16-5-2-4-15(17)14(16)12-18-13-6-7-13/h2,4-5,13,18H,3,6-12H2,1H3. The molecule has 1 aromatic rings. The number of hydrogen-bond acceptors (Lipinski definition) is 3. The van der Waals surface area contributed by atoms with Gasteiger partial charge in [-0.3, -0.25) is 0 Å². The van der Waals surface area contributed by atoms with Crippen LogP contribution in [0.3, 0.4) is 0 Å². The average molecular weight is 277 g/mol. The number of anilines is 1. The summed E-state index contributed by atoms with van der Waals surface area (Å²) >= 11 is 0. The molecule has 110 valence electrons. The van der Waals surface area contributed by atoms with Crippen LogP contribution < -0.4 is 10.2 Å². The van der Waals surface area contributed by atoms with E-state index in [2.05, 4.69) is 28.2 Å². The molecule has 4 heteroatoms. The summed E-state index contributed by atoms with van der Waals surface area (Å²) in [7, 11) is 2.16. The molecule has 1 aromatic carbocycles. The van der Waals surface area contributed by atoms with E-state index in [1.807, 2.05) is 6.07 Å². The monoisotopic (exact) mass is 277 g/mol. The minimum atomic E-state index is -0.0757. The fraction of sp³-hybridized carbons (Fsp3) is 0.625. The summed E-state index contributed by atoms with van der Waals surface area (Å²) in [6.07, 6.45) is 3.61. The summed E-state index contributed by atoms with van der Waals surface area (Å²) in [5.74, 6) is -0.0757. The molecule has 1 saturated carbocycles. The van der Waals surface area contributed by atoms with Crippen LogP contribution in [0, 0.1) is 5.82 Å². The molecule has 0 aromatic heterocycles. The second kappa shape index (κ2) is 6.10. The fourth-order valence-corrected chi connectivity index (χ4v) is 2.84. The van der Waals surface area contributed by atoms with Gasteiger partial charge in [-0.25, -0.2) is 4.39 Å². The van der Waals surface area contributed by atoms with Crippen molar-refractivity contribution in [2.45, 2.75) is 31.8 Å². The van der Waals surface area contributed by atoms with Crippen molar-refractivity contribution in [1.82, 2.24) is 10.2 Å². The van der Waals surface area contributed by atoms with Crippen molar-refractivity contribution in [1.29, 1.82) is 0 Å². The Labute approximate surface area is 120 Å². The third-order valence-corrected chi connectivity index (χ3v) is 4.30. The lowest BCUT2D eigenvalue weighted by Crippen LogP contribution is -2.30. The van der Waals surface area contributed by atoms with Crippen LogP contribution in [0.25, 0.3) is 0 Å². The molecule has 1 aliphatic carbocycles. The second-order valence-electron chi connectivity index (χ2n) is 6.04. The normalized spacial score (nSPS) is 21.0. The predicted octanol–water partition coefficient (Wildman–Crippen LogP) is 2.22. The van der Waals surface area contributed by atoms with Crippen LogP contribution in [-0.2, 0) is 6.54 Å². The van der Waals surface area contributed by atoms with Gasteiger partial charge in [-0.05, 0) is 45.0 Å². The molecule has 0 spiro atoms. The third kappa shape index (κ3) is 3.30. The zero-order valence-electron chi connectivity index (χ0n) is 12.2.